The lowest BCUT2D eigenvalue weighted by atomic mass is 9.86. The van der Waals surface area contributed by atoms with Gasteiger partial charge in [0.1, 0.15) is 0 Å². The first-order chi connectivity index (χ1) is 15.9. The second-order valence-electron chi connectivity index (χ2n) is 9.61. The third-order valence-corrected chi connectivity index (χ3v) is 7.68. The summed E-state index contributed by atoms with van der Waals surface area (Å²) in [6, 6.07) is 3.86. The average molecular weight is 456 g/mol. The fraction of sp³-hybridized carbons (Fsp3) is 0.565. The summed E-state index contributed by atoms with van der Waals surface area (Å²) in [5.41, 5.74) is 7.86. The highest BCUT2D eigenvalue weighted by molar-refractivity contribution is 5.76. The standard InChI is InChI=1S/C23H26F2N6O2/c1-2-19(32)30-9-14-15(10-30)20(14)17-6-16(12-5-18(33-22(24)25)21(26)27-7-12)28-23(29-17)31-8-11-3-13(31)4-11/h5-7,11,13-15,20,22H,2-4,8-10H2,1H3,(H2,26,27)/t11?,13?,14-,15+,20?. The highest BCUT2D eigenvalue weighted by Crippen LogP contribution is 2.58. The van der Waals surface area contributed by atoms with Crippen molar-refractivity contribution in [2.45, 2.75) is 44.8 Å². The lowest BCUT2D eigenvalue weighted by molar-refractivity contribution is -0.130. The third-order valence-electron chi connectivity index (χ3n) is 7.68. The van der Waals surface area contributed by atoms with E-state index in [1.54, 1.807) is 0 Å². The molecule has 3 saturated heterocycles. The second kappa shape index (κ2) is 7.50. The van der Waals surface area contributed by atoms with Crippen molar-refractivity contribution in [3.8, 4) is 17.0 Å². The maximum Gasteiger partial charge on any atom is 0.387 e. The number of rotatable bonds is 6. The first kappa shape index (κ1) is 20.6. The second-order valence-corrected chi connectivity index (χ2v) is 9.61. The van der Waals surface area contributed by atoms with E-state index in [1.807, 2.05) is 17.9 Å². The number of aromatic nitrogens is 3. The quantitative estimate of drug-likeness (QED) is 0.714. The van der Waals surface area contributed by atoms with Crippen LogP contribution < -0.4 is 15.4 Å². The number of hydrogen-bond donors (Lipinski definition) is 1. The molecule has 5 aliphatic rings. The molecule has 2 aliphatic carbocycles. The molecule has 33 heavy (non-hydrogen) atoms. The highest BCUT2D eigenvalue weighted by Gasteiger charge is 2.58. The Hall–Kier alpha value is -3.04. The van der Waals surface area contributed by atoms with Crippen molar-refractivity contribution in [1.29, 1.82) is 0 Å². The van der Waals surface area contributed by atoms with Crippen LogP contribution in [0.1, 0.15) is 37.8 Å². The molecular weight excluding hydrogens is 430 g/mol. The first-order valence-corrected chi connectivity index (χ1v) is 11.5. The smallest absolute Gasteiger partial charge is 0.387 e. The fourth-order valence-electron chi connectivity index (χ4n) is 5.85. The molecule has 2 aromatic rings. The number of nitrogens with two attached hydrogens (primary N) is 1. The van der Waals surface area contributed by atoms with Crippen LogP contribution in [0.3, 0.4) is 0 Å². The van der Waals surface area contributed by atoms with Crippen molar-refractivity contribution in [1.82, 2.24) is 19.9 Å². The van der Waals surface area contributed by atoms with Gasteiger partial charge >= 0.3 is 6.61 Å². The summed E-state index contributed by atoms with van der Waals surface area (Å²) in [5.74, 6) is 2.42. The number of halogens is 2. The molecule has 2 N–H and O–H groups in total. The zero-order valence-corrected chi connectivity index (χ0v) is 18.3. The summed E-state index contributed by atoms with van der Waals surface area (Å²) in [7, 11) is 0. The Labute approximate surface area is 190 Å². The van der Waals surface area contributed by atoms with Crippen LogP contribution in [-0.4, -0.2) is 58.0 Å². The van der Waals surface area contributed by atoms with Gasteiger partial charge in [0, 0.05) is 49.8 Å². The van der Waals surface area contributed by atoms with Gasteiger partial charge in [-0.3, -0.25) is 4.79 Å². The number of amides is 1. The molecule has 5 fully saturated rings. The summed E-state index contributed by atoms with van der Waals surface area (Å²) in [4.78, 5) is 30.1. The van der Waals surface area contributed by atoms with Crippen LogP contribution in [0.15, 0.2) is 18.3 Å². The van der Waals surface area contributed by atoms with Crippen LogP contribution in [0.4, 0.5) is 20.5 Å². The van der Waals surface area contributed by atoms with E-state index < -0.39 is 6.61 Å². The van der Waals surface area contributed by atoms with E-state index in [9.17, 15) is 13.6 Å². The van der Waals surface area contributed by atoms with Gasteiger partial charge < -0.3 is 20.3 Å². The number of ether oxygens (including phenoxy) is 1. The number of carbonyl (C=O) groups excluding carboxylic acids is 1. The maximum atomic E-state index is 12.8. The van der Waals surface area contributed by atoms with Gasteiger partial charge in [0.25, 0.3) is 0 Å². The van der Waals surface area contributed by atoms with Gasteiger partial charge in [-0.1, -0.05) is 6.92 Å². The summed E-state index contributed by atoms with van der Waals surface area (Å²) in [5, 5.41) is 0. The minimum Gasteiger partial charge on any atom is -0.431 e. The van der Waals surface area contributed by atoms with Crippen molar-refractivity contribution < 1.29 is 18.3 Å². The Bertz CT molecular complexity index is 1100. The molecule has 3 aliphatic heterocycles. The SMILES string of the molecule is CCC(=O)N1C[C@@H]2C(c3cc(-c4cnc(N)c(OC(F)F)c4)nc(N4CC5CC4C5)n3)[C@@H]2C1. The lowest BCUT2D eigenvalue weighted by Gasteiger charge is -2.26. The minimum atomic E-state index is -2.99. The number of nitrogen functional groups attached to an aromatic ring is 1. The molecule has 8 nitrogen and oxygen atoms in total. The summed E-state index contributed by atoms with van der Waals surface area (Å²) >= 11 is 0. The zero-order valence-electron chi connectivity index (χ0n) is 18.3. The van der Waals surface area contributed by atoms with E-state index in [0.717, 1.165) is 25.3 Å². The van der Waals surface area contributed by atoms with Gasteiger partial charge in [0.05, 0.1) is 11.4 Å². The van der Waals surface area contributed by atoms with Gasteiger partial charge in [-0.2, -0.15) is 8.78 Å². The highest BCUT2D eigenvalue weighted by atomic mass is 19.3. The molecule has 174 valence electrons. The monoisotopic (exact) mass is 456 g/mol. The normalized spacial score (nSPS) is 29.3. The minimum absolute atomic E-state index is 0.0914. The van der Waals surface area contributed by atoms with Crippen molar-refractivity contribution in [2.24, 2.45) is 17.8 Å². The molecule has 10 heteroatoms. The molecule has 2 aromatic heterocycles. The summed E-state index contributed by atoms with van der Waals surface area (Å²) in [6.45, 7) is 1.38. The van der Waals surface area contributed by atoms with Crippen LogP contribution >= 0.6 is 0 Å². The fourth-order valence-corrected chi connectivity index (χ4v) is 5.85. The molecule has 0 aromatic carbocycles. The number of anilines is 2. The number of alkyl halides is 2. The zero-order chi connectivity index (χ0) is 22.9. The molecule has 2 bridgehead atoms. The summed E-state index contributed by atoms with van der Waals surface area (Å²) < 4.78 is 30.2. The molecular formula is C23H26F2N6O2. The molecule has 2 saturated carbocycles. The van der Waals surface area contributed by atoms with Gasteiger partial charge in [-0.25, -0.2) is 15.0 Å². The van der Waals surface area contributed by atoms with Crippen molar-refractivity contribution in [3.63, 3.8) is 0 Å². The Morgan fingerprint density at radius 1 is 1.21 bits per heavy atom. The summed E-state index contributed by atoms with van der Waals surface area (Å²) in [6.07, 6.45) is 4.39. The van der Waals surface area contributed by atoms with Crippen molar-refractivity contribution in [3.05, 3.63) is 24.0 Å². The molecule has 1 unspecified atom stereocenters. The Morgan fingerprint density at radius 2 is 1.97 bits per heavy atom. The van der Waals surface area contributed by atoms with Crippen molar-refractivity contribution in [2.75, 3.05) is 30.3 Å². The molecule has 3 atom stereocenters. The van der Waals surface area contributed by atoms with Gasteiger partial charge in [0.15, 0.2) is 11.6 Å². The first-order valence-electron chi connectivity index (χ1n) is 11.5. The van der Waals surface area contributed by atoms with Gasteiger partial charge in [0.2, 0.25) is 11.9 Å². The molecule has 5 heterocycles. The number of hydrogen-bond acceptors (Lipinski definition) is 7. The molecule has 0 radical (unpaired) electrons. The number of pyridine rings is 1. The third kappa shape index (κ3) is 3.46. The molecule has 1 amide bonds. The van der Waals surface area contributed by atoms with E-state index >= 15 is 0 Å². The van der Waals surface area contributed by atoms with E-state index in [-0.39, 0.29) is 23.4 Å². The van der Waals surface area contributed by atoms with Gasteiger partial charge in [-0.15, -0.1) is 0 Å². The lowest BCUT2D eigenvalue weighted by Crippen LogP contribution is -2.31. The Kier molecular flexibility index (Phi) is 4.67. The van der Waals surface area contributed by atoms with Gasteiger partial charge in [-0.05, 0) is 42.7 Å². The number of fused-ring (bicyclic) bond motifs is 2. The van der Waals surface area contributed by atoms with Crippen LogP contribution in [-0.2, 0) is 4.79 Å². The van der Waals surface area contributed by atoms with Crippen LogP contribution in [0, 0.1) is 17.8 Å². The van der Waals surface area contributed by atoms with Crippen LogP contribution in [0.2, 0.25) is 0 Å². The Balaban J connectivity index is 1.34. The van der Waals surface area contributed by atoms with Crippen molar-refractivity contribution >= 4 is 17.7 Å². The van der Waals surface area contributed by atoms with Crippen LogP contribution in [0.25, 0.3) is 11.3 Å². The topological polar surface area (TPSA) is 97.5 Å². The van der Waals surface area contributed by atoms with E-state index in [4.69, 9.17) is 15.7 Å². The molecule has 7 rings (SSSR count). The number of piperidine rings is 1. The maximum absolute atomic E-state index is 12.8. The molecule has 0 spiro atoms. The predicted octanol–water partition coefficient (Wildman–Crippen LogP) is 2.90. The van der Waals surface area contributed by atoms with E-state index in [2.05, 4.69) is 14.6 Å². The van der Waals surface area contributed by atoms with Crippen LogP contribution in [0.5, 0.6) is 5.75 Å². The van der Waals surface area contributed by atoms with E-state index in [0.29, 0.717) is 47.4 Å². The number of carbonyl (C=O) groups is 1. The largest absolute Gasteiger partial charge is 0.431 e. The number of likely N-dealkylation sites (tertiary alicyclic amines) is 1. The predicted molar refractivity (Wildman–Crippen MR) is 117 cm³/mol. The van der Waals surface area contributed by atoms with E-state index in [1.165, 1.54) is 25.1 Å². The number of nitrogens with zero attached hydrogens (tertiary/aromatic N) is 5. The average Bonchev–Trinajstić information content (AvgIpc) is 3.18. The Morgan fingerprint density at radius 3 is 2.61 bits per heavy atom.